The highest BCUT2D eigenvalue weighted by Gasteiger charge is 2.29. The molecule has 0 bridgehead atoms. The molecule has 0 atom stereocenters. The summed E-state index contributed by atoms with van der Waals surface area (Å²) in [5, 5.41) is 6.72. The van der Waals surface area contributed by atoms with Gasteiger partial charge in [0.1, 0.15) is 6.54 Å². The number of nitrogens with one attached hydrogen (secondary N) is 2. The van der Waals surface area contributed by atoms with Crippen molar-refractivity contribution in [3.63, 3.8) is 0 Å². The van der Waals surface area contributed by atoms with Crippen LogP contribution in [-0.2, 0) is 16.4 Å². The van der Waals surface area contributed by atoms with Crippen LogP contribution in [0.1, 0.15) is 11.3 Å². The molecule has 0 aliphatic rings. The summed E-state index contributed by atoms with van der Waals surface area (Å²) < 4.78 is 63.9. The van der Waals surface area contributed by atoms with Crippen molar-refractivity contribution in [1.82, 2.24) is 4.57 Å². The van der Waals surface area contributed by atoms with Crippen molar-refractivity contribution in [3.8, 4) is 11.8 Å². The van der Waals surface area contributed by atoms with Gasteiger partial charge in [-0.05, 0) is 54.8 Å². The van der Waals surface area contributed by atoms with Crippen LogP contribution in [0.5, 0.6) is 0 Å². The van der Waals surface area contributed by atoms with Crippen molar-refractivity contribution in [2.75, 3.05) is 30.5 Å². The molecule has 0 amide bonds. The molecule has 2 N–H and O–H groups in total. The zero-order chi connectivity index (χ0) is 22.8. The first-order valence-electron chi connectivity index (χ1n) is 9.40. The van der Waals surface area contributed by atoms with Crippen LogP contribution in [0.15, 0.2) is 47.4 Å². The smallest absolute Gasteiger partial charge is 0.388 e. The topological polar surface area (TPSA) is 63.1 Å². The fraction of sp³-hybridized carbons (Fsp3) is 0.273. The van der Waals surface area contributed by atoms with Gasteiger partial charge in [0.05, 0.1) is 22.7 Å². The highest BCUT2D eigenvalue weighted by Crippen LogP contribution is 2.29. The quantitative estimate of drug-likeness (QED) is 0.566. The minimum absolute atomic E-state index is 0.186. The van der Waals surface area contributed by atoms with Crippen LogP contribution in [0.3, 0.4) is 0 Å². The summed E-state index contributed by atoms with van der Waals surface area (Å²) in [6.07, 6.45) is -3.24. The van der Waals surface area contributed by atoms with E-state index in [1.165, 1.54) is 6.07 Å². The third-order valence-electron chi connectivity index (χ3n) is 4.76. The Morgan fingerprint density at radius 3 is 2.45 bits per heavy atom. The zero-order valence-electron chi connectivity index (χ0n) is 17.3. The summed E-state index contributed by atoms with van der Waals surface area (Å²) >= 11 is 0. The van der Waals surface area contributed by atoms with Gasteiger partial charge in [0.15, 0.2) is 9.84 Å². The van der Waals surface area contributed by atoms with E-state index in [1.807, 2.05) is 0 Å². The van der Waals surface area contributed by atoms with Gasteiger partial charge in [0.2, 0.25) is 0 Å². The number of hydrogen-bond donors (Lipinski definition) is 2. The Balaban J connectivity index is 1.87. The average Bonchev–Trinajstić information content (AvgIpc) is 3.01. The summed E-state index contributed by atoms with van der Waals surface area (Å²) in [5.74, 6) is 5.69. The molecule has 0 aliphatic heterocycles. The van der Waals surface area contributed by atoms with E-state index in [0.717, 1.165) is 22.1 Å². The van der Waals surface area contributed by atoms with Gasteiger partial charge >= 0.3 is 6.18 Å². The number of anilines is 2. The molecule has 0 spiro atoms. The molecule has 1 aromatic heterocycles. The van der Waals surface area contributed by atoms with Gasteiger partial charge in [-0.1, -0.05) is 12.0 Å². The van der Waals surface area contributed by atoms with Gasteiger partial charge in [0, 0.05) is 30.1 Å². The van der Waals surface area contributed by atoms with E-state index in [2.05, 4.69) is 22.5 Å². The highest BCUT2D eigenvalue weighted by atomic mass is 32.2. The number of halogens is 3. The van der Waals surface area contributed by atoms with Crippen LogP contribution in [0.4, 0.5) is 24.5 Å². The fourth-order valence-electron chi connectivity index (χ4n) is 3.29. The molecule has 0 saturated carbocycles. The minimum Gasteiger partial charge on any atom is -0.388 e. The van der Waals surface area contributed by atoms with Crippen LogP contribution in [0, 0.1) is 18.8 Å². The second-order valence-corrected chi connectivity index (χ2v) is 9.14. The lowest BCUT2D eigenvalue weighted by Crippen LogP contribution is -2.18. The Morgan fingerprint density at radius 1 is 1.10 bits per heavy atom. The molecule has 5 nitrogen and oxygen atoms in total. The number of nitrogens with zero attached hydrogens (tertiary/aromatic N) is 1. The number of sulfone groups is 1. The normalized spacial score (nSPS) is 11.8. The summed E-state index contributed by atoms with van der Waals surface area (Å²) in [7, 11) is -1.59. The van der Waals surface area contributed by atoms with Gasteiger partial charge in [0.25, 0.3) is 0 Å². The molecule has 9 heteroatoms. The SMILES string of the molecule is CNc1cccc2c1cc(C#CCNc1ccc(S(C)(=O)=O)cc1C)n2CC(F)(F)F. The van der Waals surface area contributed by atoms with Gasteiger partial charge in [-0.25, -0.2) is 8.42 Å². The maximum Gasteiger partial charge on any atom is 0.406 e. The Hall–Kier alpha value is -3.12. The van der Waals surface area contributed by atoms with E-state index < -0.39 is 22.6 Å². The molecule has 3 aromatic rings. The second kappa shape index (κ2) is 8.55. The number of rotatable bonds is 5. The summed E-state index contributed by atoms with van der Waals surface area (Å²) in [4.78, 5) is 0.221. The highest BCUT2D eigenvalue weighted by molar-refractivity contribution is 7.90. The fourth-order valence-corrected chi connectivity index (χ4v) is 4.00. The second-order valence-electron chi connectivity index (χ2n) is 7.12. The number of hydrogen-bond acceptors (Lipinski definition) is 4. The molecule has 0 radical (unpaired) electrons. The van der Waals surface area contributed by atoms with Crippen molar-refractivity contribution in [2.24, 2.45) is 0 Å². The number of benzene rings is 2. The monoisotopic (exact) mass is 449 g/mol. The van der Waals surface area contributed by atoms with Crippen LogP contribution in [0.25, 0.3) is 10.9 Å². The minimum atomic E-state index is -4.38. The maximum atomic E-state index is 13.1. The number of aryl methyl sites for hydroxylation is 1. The van der Waals surface area contributed by atoms with Crippen LogP contribution < -0.4 is 10.6 Å². The third-order valence-corrected chi connectivity index (χ3v) is 5.87. The molecule has 0 unspecified atom stereocenters. The molecule has 164 valence electrons. The molecule has 31 heavy (non-hydrogen) atoms. The molecule has 2 aromatic carbocycles. The first-order chi connectivity index (χ1) is 14.5. The van der Waals surface area contributed by atoms with Crippen molar-refractivity contribution in [1.29, 1.82) is 0 Å². The van der Waals surface area contributed by atoms with E-state index in [9.17, 15) is 21.6 Å². The lowest BCUT2D eigenvalue weighted by molar-refractivity contribution is -0.140. The largest absolute Gasteiger partial charge is 0.406 e. The third kappa shape index (κ3) is 5.33. The standard InChI is InChI=1S/C22H22F3N3O2S/c1-15-12-17(31(3,29)30)9-10-19(15)27-11-5-6-16-13-18-20(26-2)7-4-8-21(18)28(16)14-22(23,24)25/h4,7-10,12-13,26-27H,11,14H2,1-3H3. The summed E-state index contributed by atoms with van der Waals surface area (Å²) in [6.45, 7) is 0.823. The van der Waals surface area contributed by atoms with Crippen molar-refractivity contribution in [3.05, 3.63) is 53.7 Å². The first kappa shape index (κ1) is 22.6. The lowest BCUT2D eigenvalue weighted by Gasteiger charge is -2.11. The van der Waals surface area contributed by atoms with Crippen molar-refractivity contribution in [2.45, 2.75) is 24.5 Å². The van der Waals surface area contributed by atoms with E-state index in [0.29, 0.717) is 16.6 Å². The first-order valence-corrected chi connectivity index (χ1v) is 11.3. The summed E-state index contributed by atoms with van der Waals surface area (Å²) in [5.41, 5.74) is 2.88. The van der Waals surface area contributed by atoms with Crippen molar-refractivity contribution < 1.29 is 21.6 Å². The van der Waals surface area contributed by atoms with Gasteiger partial charge < -0.3 is 15.2 Å². The Kier molecular flexibility index (Phi) is 6.23. The Labute approximate surface area is 179 Å². The van der Waals surface area contributed by atoms with Crippen LogP contribution in [-0.4, -0.2) is 39.0 Å². The molecule has 0 fully saturated rings. The van der Waals surface area contributed by atoms with E-state index in [4.69, 9.17) is 0 Å². The Morgan fingerprint density at radius 2 is 1.84 bits per heavy atom. The van der Waals surface area contributed by atoms with Crippen LogP contribution in [0.2, 0.25) is 0 Å². The molecule has 0 saturated heterocycles. The van der Waals surface area contributed by atoms with E-state index in [1.54, 1.807) is 50.4 Å². The van der Waals surface area contributed by atoms with Gasteiger partial charge in [-0.15, -0.1) is 0 Å². The number of fused-ring (bicyclic) bond motifs is 1. The Bertz CT molecular complexity index is 1280. The van der Waals surface area contributed by atoms with Crippen LogP contribution >= 0.6 is 0 Å². The molecule has 3 rings (SSSR count). The van der Waals surface area contributed by atoms with Gasteiger partial charge in [-0.3, -0.25) is 0 Å². The summed E-state index contributed by atoms with van der Waals surface area (Å²) in [6, 6.07) is 11.5. The maximum absolute atomic E-state index is 13.1. The molecule has 0 aliphatic carbocycles. The lowest BCUT2D eigenvalue weighted by atomic mass is 10.2. The average molecular weight is 449 g/mol. The van der Waals surface area contributed by atoms with E-state index in [-0.39, 0.29) is 17.1 Å². The number of alkyl halides is 3. The van der Waals surface area contributed by atoms with E-state index >= 15 is 0 Å². The number of aromatic nitrogens is 1. The molecular formula is C22H22F3N3O2S. The predicted octanol–water partition coefficient (Wildman–Crippen LogP) is 4.42. The predicted molar refractivity (Wildman–Crippen MR) is 117 cm³/mol. The molecular weight excluding hydrogens is 427 g/mol. The van der Waals surface area contributed by atoms with Crippen molar-refractivity contribution >= 4 is 32.1 Å². The molecule has 1 heterocycles. The van der Waals surface area contributed by atoms with Gasteiger partial charge in [-0.2, -0.15) is 13.2 Å². The zero-order valence-corrected chi connectivity index (χ0v) is 18.1.